The van der Waals surface area contributed by atoms with E-state index in [2.05, 4.69) is 17.4 Å². The number of nitrogens with one attached hydrogen (secondary N) is 1. The highest BCUT2D eigenvalue weighted by atomic mass is 16.6. The zero-order valence-electron chi connectivity index (χ0n) is 22.9. The van der Waals surface area contributed by atoms with Crippen LogP contribution in [-0.4, -0.2) is 39.2 Å². The van der Waals surface area contributed by atoms with Crippen LogP contribution >= 0.6 is 0 Å². The number of carbonyl (C=O) groups excluding carboxylic acids is 2. The van der Waals surface area contributed by atoms with E-state index >= 15 is 0 Å². The van der Waals surface area contributed by atoms with Crippen LogP contribution in [0.15, 0.2) is 101 Å². The smallest absolute Gasteiger partial charge is 0.336 e. The largest absolute Gasteiger partial charge is 0.497 e. The van der Waals surface area contributed by atoms with Crippen LogP contribution in [-0.2, 0) is 14.3 Å². The Hall–Kier alpha value is -4.52. The molecule has 0 unspecified atom stereocenters. The minimum absolute atomic E-state index is 0.00400. The van der Waals surface area contributed by atoms with E-state index in [1.807, 2.05) is 67.6 Å². The molecular weight excluding hydrogens is 506 g/mol. The van der Waals surface area contributed by atoms with E-state index in [0.717, 1.165) is 11.3 Å². The van der Waals surface area contributed by atoms with Crippen LogP contribution in [0.5, 0.6) is 17.2 Å². The van der Waals surface area contributed by atoms with Crippen molar-refractivity contribution in [2.75, 3.05) is 27.4 Å². The van der Waals surface area contributed by atoms with E-state index < -0.39 is 11.9 Å². The summed E-state index contributed by atoms with van der Waals surface area (Å²) in [6.45, 7) is 2.12. The first-order chi connectivity index (χ1) is 19.5. The van der Waals surface area contributed by atoms with E-state index in [-0.39, 0.29) is 24.9 Å². The molecule has 3 aromatic carbocycles. The number of rotatable bonds is 9. The molecule has 0 saturated carbocycles. The van der Waals surface area contributed by atoms with E-state index in [1.165, 1.54) is 0 Å². The van der Waals surface area contributed by atoms with Crippen molar-refractivity contribution in [2.24, 2.45) is 0 Å². The molecule has 206 valence electrons. The molecule has 0 saturated heterocycles. The molecule has 0 amide bonds. The van der Waals surface area contributed by atoms with Crippen LogP contribution in [0, 0.1) is 0 Å². The lowest BCUT2D eigenvalue weighted by Crippen LogP contribution is -2.36. The lowest BCUT2D eigenvalue weighted by molar-refractivity contribution is -0.140. The number of ether oxygens (including phenoxy) is 4. The van der Waals surface area contributed by atoms with Crippen LogP contribution < -0.4 is 19.5 Å². The van der Waals surface area contributed by atoms with Crippen molar-refractivity contribution in [3.8, 4) is 17.2 Å². The maximum absolute atomic E-state index is 13.9. The number of esters is 1. The number of carbonyl (C=O) groups is 2. The molecular formula is C33H33NO6. The number of methoxy groups -OCH3 is 2. The van der Waals surface area contributed by atoms with Crippen molar-refractivity contribution in [2.45, 2.75) is 31.6 Å². The van der Waals surface area contributed by atoms with Gasteiger partial charge in [0.25, 0.3) is 0 Å². The number of allylic oxidation sites excluding steroid dienone is 3. The van der Waals surface area contributed by atoms with Crippen LogP contribution in [0.3, 0.4) is 0 Å². The highest BCUT2D eigenvalue weighted by Crippen LogP contribution is 2.48. The lowest BCUT2D eigenvalue weighted by Gasteiger charge is -2.37. The van der Waals surface area contributed by atoms with Crippen LogP contribution in [0.4, 0.5) is 0 Å². The first kappa shape index (κ1) is 27.1. The van der Waals surface area contributed by atoms with Crippen molar-refractivity contribution < 1.29 is 28.5 Å². The van der Waals surface area contributed by atoms with Crippen LogP contribution in [0.25, 0.3) is 0 Å². The molecule has 40 heavy (non-hydrogen) atoms. The van der Waals surface area contributed by atoms with Gasteiger partial charge in [-0.05, 0) is 43.0 Å². The second kappa shape index (κ2) is 12.1. The summed E-state index contributed by atoms with van der Waals surface area (Å²) < 4.78 is 22.5. The van der Waals surface area contributed by atoms with Gasteiger partial charge in [-0.25, -0.2) is 4.79 Å². The average Bonchev–Trinajstić information content (AvgIpc) is 2.99. The molecule has 0 fully saturated rings. The summed E-state index contributed by atoms with van der Waals surface area (Å²) in [5.41, 5.74) is 4.26. The van der Waals surface area contributed by atoms with Gasteiger partial charge in [0.1, 0.15) is 30.5 Å². The van der Waals surface area contributed by atoms with Crippen molar-refractivity contribution in [1.29, 1.82) is 0 Å². The first-order valence-corrected chi connectivity index (χ1v) is 13.4. The van der Waals surface area contributed by atoms with Crippen LogP contribution in [0.2, 0.25) is 0 Å². The van der Waals surface area contributed by atoms with Gasteiger partial charge < -0.3 is 24.3 Å². The fourth-order valence-corrected chi connectivity index (χ4v) is 5.53. The van der Waals surface area contributed by atoms with Gasteiger partial charge in [0, 0.05) is 35.0 Å². The van der Waals surface area contributed by atoms with Crippen molar-refractivity contribution in [1.82, 2.24) is 5.32 Å². The summed E-state index contributed by atoms with van der Waals surface area (Å²) in [6, 6.07) is 24.8. The summed E-state index contributed by atoms with van der Waals surface area (Å²) in [6.07, 6.45) is 1.01. The Kier molecular flexibility index (Phi) is 8.20. The summed E-state index contributed by atoms with van der Waals surface area (Å²) in [4.78, 5) is 27.5. The Labute approximate surface area is 234 Å². The molecule has 2 atom stereocenters. The standard InChI is InChI=1S/C33H33NO6/c1-21-30(33(36)40-17-16-39-24-12-8-5-9-13-24)31(26-15-14-25(37-2)20-29(26)38-3)32-27(34-21)18-23(19-28(32)35)22-10-6-4-7-11-22/h4-15,20,23,31,34H,16-19H2,1-3H3/t23-,31-/m0/s1. The molecule has 0 spiro atoms. The van der Waals surface area contributed by atoms with E-state index in [0.29, 0.717) is 52.5 Å². The van der Waals surface area contributed by atoms with Gasteiger partial charge in [-0.3, -0.25) is 4.79 Å². The highest BCUT2D eigenvalue weighted by molar-refractivity contribution is 6.04. The number of dihydropyridines is 1. The van der Waals surface area contributed by atoms with Gasteiger partial charge in [-0.1, -0.05) is 54.6 Å². The minimum Gasteiger partial charge on any atom is -0.497 e. The van der Waals surface area contributed by atoms with E-state index in [4.69, 9.17) is 18.9 Å². The second-order valence-electron chi connectivity index (χ2n) is 9.83. The van der Waals surface area contributed by atoms with Gasteiger partial charge in [-0.15, -0.1) is 0 Å². The zero-order chi connectivity index (χ0) is 28.1. The molecule has 7 nitrogen and oxygen atoms in total. The number of ketones is 1. The van der Waals surface area contributed by atoms with E-state index in [9.17, 15) is 9.59 Å². The molecule has 7 heteroatoms. The van der Waals surface area contributed by atoms with Crippen molar-refractivity contribution in [3.63, 3.8) is 0 Å². The normalized spacial score (nSPS) is 18.5. The Morgan fingerprint density at radius 3 is 2.30 bits per heavy atom. The predicted molar refractivity (Wildman–Crippen MR) is 151 cm³/mol. The van der Waals surface area contributed by atoms with Crippen LogP contribution in [0.1, 0.15) is 42.7 Å². The third-order valence-electron chi connectivity index (χ3n) is 7.40. The molecule has 3 aromatic rings. The van der Waals surface area contributed by atoms with Gasteiger partial charge >= 0.3 is 5.97 Å². The second-order valence-corrected chi connectivity index (χ2v) is 9.83. The van der Waals surface area contributed by atoms with Gasteiger partial charge in [0.2, 0.25) is 0 Å². The number of hydrogen-bond donors (Lipinski definition) is 1. The lowest BCUT2D eigenvalue weighted by atomic mass is 9.71. The molecule has 0 aromatic heterocycles. The molecule has 2 aliphatic rings. The fourth-order valence-electron chi connectivity index (χ4n) is 5.53. The predicted octanol–water partition coefficient (Wildman–Crippen LogP) is 5.69. The molecule has 1 aliphatic carbocycles. The maximum atomic E-state index is 13.9. The molecule has 0 radical (unpaired) electrons. The monoisotopic (exact) mass is 539 g/mol. The maximum Gasteiger partial charge on any atom is 0.336 e. The Morgan fingerprint density at radius 2 is 1.60 bits per heavy atom. The topological polar surface area (TPSA) is 83.1 Å². The third kappa shape index (κ3) is 5.59. The average molecular weight is 540 g/mol. The number of benzene rings is 3. The van der Waals surface area contributed by atoms with Gasteiger partial charge in [0.15, 0.2) is 5.78 Å². The number of para-hydroxylation sites is 1. The number of hydrogen-bond acceptors (Lipinski definition) is 7. The summed E-state index contributed by atoms with van der Waals surface area (Å²) in [7, 11) is 3.15. The first-order valence-electron chi connectivity index (χ1n) is 13.4. The molecule has 0 bridgehead atoms. The molecule has 1 heterocycles. The summed E-state index contributed by atoms with van der Waals surface area (Å²) in [5.74, 6) is 0.737. The van der Waals surface area contributed by atoms with Crippen molar-refractivity contribution >= 4 is 11.8 Å². The number of Topliss-reactive ketones (excluding diaryl/α,β-unsaturated/α-hetero) is 1. The Morgan fingerprint density at radius 1 is 0.875 bits per heavy atom. The van der Waals surface area contributed by atoms with Gasteiger partial charge in [0.05, 0.1) is 25.7 Å². The summed E-state index contributed by atoms with van der Waals surface area (Å²) >= 11 is 0. The molecule has 1 N–H and O–H groups in total. The van der Waals surface area contributed by atoms with Gasteiger partial charge in [-0.2, -0.15) is 0 Å². The molecule has 1 aliphatic heterocycles. The Bertz CT molecular complexity index is 1440. The Balaban J connectivity index is 1.47. The highest BCUT2D eigenvalue weighted by Gasteiger charge is 2.42. The third-order valence-corrected chi connectivity index (χ3v) is 7.40. The fraction of sp³-hybridized carbons (Fsp3) is 0.273. The summed E-state index contributed by atoms with van der Waals surface area (Å²) in [5, 5.41) is 3.40. The quantitative estimate of drug-likeness (QED) is 0.276. The zero-order valence-corrected chi connectivity index (χ0v) is 22.9. The van der Waals surface area contributed by atoms with E-state index in [1.54, 1.807) is 20.3 Å². The van der Waals surface area contributed by atoms with Crippen molar-refractivity contribution in [3.05, 3.63) is 113 Å². The SMILES string of the molecule is COc1ccc([C@H]2C(C(=O)OCCOc3ccccc3)=C(C)NC3=C2C(=O)C[C@@H](c2ccccc2)C3)c(OC)c1. The minimum atomic E-state index is -0.649. The molecule has 5 rings (SSSR count).